The number of aliphatic hydroxyl groups excluding tert-OH is 1. The highest BCUT2D eigenvalue weighted by Crippen LogP contribution is 2.10. The molecule has 0 radical (unpaired) electrons. The fourth-order valence-corrected chi connectivity index (χ4v) is 1.19. The first-order chi connectivity index (χ1) is 6.72. The number of hydrogen-bond acceptors (Lipinski definition) is 3. The fourth-order valence-electron chi connectivity index (χ4n) is 1.19. The maximum Gasteiger partial charge on any atom is 0.0554 e. The Bertz CT molecular complexity index is 258. The molecule has 4 N–H and O–H groups in total. The molecule has 0 amide bonds. The van der Waals surface area contributed by atoms with Crippen LogP contribution in [0.25, 0.3) is 0 Å². The van der Waals surface area contributed by atoms with Crippen LogP contribution in [0.4, 0.5) is 11.4 Å². The van der Waals surface area contributed by atoms with Gasteiger partial charge in [0.05, 0.1) is 6.10 Å². The first-order valence-corrected chi connectivity index (χ1v) is 5.00. The van der Waals surface area contributed by atoms with Gasteiger partial charge < -0.3 is 16.2 Å². The highest BCUT2D eigenvalue weighted by atomic mass is 16.3. The van der Waals surface area contributed by atoms with Crippen LogP contribution in [-0.2, 0) is 0 Å². The number of nitrogen functional groups attached to an aromatic ring is 1. The smallest absolute Gasteiger partial charge is 0.0554 e. The Hall–Kier alpha value is -1.22. The summed E-state index contributed by atoms with van der Waals surface area (Å²) >= 11 is 0. The van der Waals surface area contributed by atoms with E-state index in [1.807, 2.05) is 31.2 Å². The molecular weight excluding hydrogens is 176 g/mol. The van der Waals surface area contributed by atoms with Gasteiger partial charge in [-0.1, -0.05) is 6.92 Å². The highest BCUT2D eigenvalue weighted by Gasteiger charge is 1.99. The van der Waals surface area contributed by atoms with Crippen molar-refractivity contribution in [1.29, 1.82) is 0 Å². The molecule has 1 atom stereocenters. The van der Waals surface area contributed by atoms with Gasteiger partial charge in [-0.2, -0.15) is 0 Å². The summed E-state index contributed by atoms with van der Waals surface area (Å²) < 4.78 is 0. The second-order valence-corrected chi connectivity index (χ2v) is 3.40. The van der Waals surface area contributed by atoms with Gasteiger partial charge in [-0.15, -0.1) is 0 Å². The Morgan fingerprint density at radius 1 is 1.36 bits per heavy atom. The maximum atomic E-state index is 9.32. The van der Waals surface area contributed by atoms with E-state index in [0.717, 1.165) is 30.8 Å². The normalized spacial score (nSPS) is 12.4. The minimum absolute atomic E-state index is 0.198. The number of benzene rings is 1. The van der Waals surface area contributed by atoms with E-state index >= 15 is 0 Å². The minimum Gasteiger partial charge on any atom is -0.399 e. The summed E-state index contributed by atoms with van der Waals surface area (Å²) in [7, 11) is 0. The molecule has 0 aromatic heterocycles. The molecule has 78 valence electrons. The number of nitrogens with one attached hydrogen (secondary N) is 1. The standard InChI is InChI=1S/C11H18N2O/c1-2-11(14)7-8-13-10-5-3-9(12)4-6-10/h3-6,11,13-14H,2,7-8,12H2,1H3. The van der Waals surface area contributed by atoms with Crippen molar-refractivity contribution in [3.8, 4) is 0 Å². The maximum absolute atomic E-state index is 9.32. The lowest BCUT2D eigenvalue weighted by molar-refractivity contribution is 0.164. The average molecular weight is 194 g/mol. The zero-order valence-electron chi connectivity index (χ0n) is 8.53. The predicted octanol–water partition coefficient (Wildman–Crippen LogP) is 1.84. The first-order valence-electron chi connectivity index (χ1n) is 5.00. The summed E-state index contributed by atoms with van der Waals surface area (Å²) in [6, 6.07) is 7.60. The minimum atomic E-state index is -0.198. The summed E-state index contributed by atoms with van der Waals surface area (Å²) in [5.41, 5.74) is 7.37. The second kappa shape index (κ2) is 5.50. The molecule has 0 heterocycles. The van der Waals surface area contributed by atoms with Gasteiger partial charge in [-0.05, 0) is 37.1 Å². The van der Waals surface area contributed by atoms with Crippen molar-refractivity contribution in [2.45, 2.75) is 25.9 Å². The molecule has 0 saturated carbocycles. The third-order valence-corrected chi connectivity index (χ3v) is 2.19. The monoisotopic (exact) mass is 194 g/mol. The van der Waals surface area contributed by atoms with E-state index in [4.69, 9.17) is 5.73 Å². The number of hydrogen-bond donors (Lipinski definition) is 3. The molecule has 1 aromatic rings. The molecule has 3 heteroatoms. The number of anilines is 2. The van der Waals surface area contributed by atoms with Gasteiger partial charge in [0.25, 0.3) is 0 Å². The quantitative estimate of drug-likeness (QED) is 0.627. The van der Waals surface area contributed by atoms with Crippen molar-refractivity contribution in [2.75, 3.05) is 17.6 Å². The molecule has 0 spiro atoms. The summed E-state index contributed by atoms with van der Waals surface area (Å²) in [5.74, 6) is 0. The van der Waals surface area contributed by atoms with Crippen molar-refractivity contribution >= 4 is 11.4 Å². The molecule has 0 fully saturated rings. The lowest BCUT2D eigenvalue weighted by atomic mass is 10.2. The third-order valence-electron chi connectivity index (χ3n) is 2.19. The molecule has 1 unspecified atom stereocenters. The Morgan fingerprint density at radius 2 is 2.00 bits per heavy atom. The van der Waals surface area contributed by atoms with E-state index in [2.05, 4.69) is 5.32 Å². The van der Waals surface area contributed by atoms with Gasteiger partial charge in [0, 0.05) is 17.9 Å². The molecular formula is C11H18N2O. The molecule has 3 nitrogen and oxygen atoms in total. The number of aliphatic hydroxyl groups is 1. The lowest BCUT2D eigenvalue weighted by Gasteiger charge is -2.09. The van der Waals surface area contributed by atoms with Gasteiger partial charge in [0.2, 0.25) is 0 Å². The molecule has 0 bridgehead atoms. The van der Waals surface area contributed by atoms with E-state index in [1.54, 1.807) is 0 Å². The van der Waals surface area contributed by atoms with E-state index in [-0.39, 0.29) is 6.10 Å². The molecule has 0 aliphatic carbocycles. The Labute approximate surface area is 84.9 Å². The van der Waals surface area contributed by atoms with Gasteiger partial charge >= 0.3 is 0 Å². The fraction of sp³-hybridized carbons (Fsp3) is 0.455. The van der Waals surface area contributed by atoms with E-state index in [0.29, 0.717) is 0 Å². The topological polar surface area (TPSA) is 58.3 Å². The van der Waals surface area contributed by atoms with Crippen LogP contribution < -0.4 is 11.1 Å². The van der Waals surface area contributed by atoms with Crippen LogP contribution in [0, 0.1) is 0 Å². The zero-order valence-corrected chi connectivity index (χ0v) is 8.53. The average Bonchev–Trinajstić information content (AvgIpc) is 2.21. The molecule has 14 heavy (non-hydrogen) atoms. The van der Waals surface area contributed by atoms with Gasteiger partial charge in [-0.25, -0.2) is 0 Å². The van der Waals surface area contributed by atoms with Gasteiger partial charge in [0.15, 0.2) is 0 Å². The lowest BCUT2D eigenvalue weighted by Crippen LogP contribution is -2.12. The van der Waals surface area contributed by atoms with Crippen LogP contribution in [0.15, 0.2) is 24.3 Å². The van der Waals surface area contributed by atoms with E-state index in [9.17, 15) is 5.11 Å². The van der Waals surface area contributed by atoms with Crippen LogP contribution in [0.5, 0.6) is 0 Å². The van der Waals surface area contributed by atoms with Crippen molar-refractivity contribution in [2.24, 2.45) is 0 Å². The van der Waals surface area contributed by atoms with Gasteiger partial charge in [-0.3, -0.25) is 0 Å². The highest BCUT2D eigenvalue weighted by molar-refractivity contribution is 5.51. The molecule has 1 aromatic carbocycles. The summed E-state index contributed by atoms with van der Waals surface area (Å²) in [5, 5.41) is 12.5. The molecule has 0 saturated heterocycles. The third kappa shape index (κ3) is 3.66. The Balaban J connectivity index is 2.28. The van der Waals surface area contributed by atoms with Crippen LogP contribution in [0.1, 0.15) is 19.8 Å². The summed E-state index contributed by atoms with van der Waals surface area (Å²) in [6.07, 6.45) is 1.39. The van der Waals surface area contributed by atoms with E-state index in [1.165, 1.54) is 0 Å². The van der Waals surface area contributed by atoms with Crippen LogP contribution in [-0.4, -0.2) is 17.8 Å². The van der Waals surface area contributed by atoms with Crippen LogP contribution >= 0.6 is 0 Å². The largest absolute Gasteiger partial charge is 0.399 e. The van der Waals surface area contributed by atoms with E-state index < -0.39 is 0 Å². The molecule has 0 aliphatic heterocycles. The van der Waals surface area contributed by atoms with Gasteiger partial charge in [0.1, 0.15) is 0 Å². The van der Waals surface area contributed by atoms with Crippen molar-refractivity contribution in [3.05, 3.63) is 24.3 Å². The molecule has 1 rings (SSSR count). The Morgan fingerprint density at radius 3 is 2.57 bits per heavy atom. The SMILES string of the molecule is CCC(O)CCNc1ccc(N)cc1. The predicted molar refractivity (Wildman–Crippen MR) is 60.3 cm³/mol. The summed E-state index contributed by atoms with van der Waals surface area (Å²) in [4.78, 5) is 0. The first kappa shape index (κ1) is 10.9. The number of nitrogens with two attached hydrogens (primary N) is 1. The number of rotatable bonds is 5. The van der Waals surface area contributed by atoms with Crippen molar-refractivity contribution in [3.63, 3.8) is 0 Å². The van der Waals surface area contributed by atoms with Crippen molar-refractivity contribution < 1.29 is 5.11 Å². The zero-order chi connectivity index (χ0) is 10.4. The summed E-state index contributed by atoms with van der Waals surface area (Å²) in [6.45, 7) is 2.77. The van der Waals surface area contributed by atoms with Crippen LogP contribution in [0.3, 0.4) is 0 Å². The Kier molecular flexibility index (Phi) is 4.26. The van der Waals surface area contributed by atoms with Crippen molar-refractivity contribution in [1.82, 2.24) is 0 Å². The second-order valence-electron chi connectivity index (χ2n) is 3.40. The van der Waals surface area contributed by atoms with Crippen LogP contribution in [0.2, 0.25) is 0 Å². The molecule has 0 aliphatic rings.